The average Bonchev–Trinajstić information content (AvgIpc) is 3.61. The average molecular weight is 581 g/mol. The summed E-state index contributed by atoms with van der Waals surface area (Å²) in [6.45, 7) is 0. The molecule has 202 valence electrons. The number of pyridine rings is 1. The first-order chi connectivity index (χ1) is 18.4. The Morgan fingerprint density at radius 1 is 1.23 bits per heavy atom. The second-order valence-corrected chi connectivity index (χ2v) is 9.06. The number of benzene rings is 1. The Hall–Kier alpha value is -4.57. The fraction of sp³-hybridized carbons (Fsp3) is 0.136. The van der Waals surface area contributed by atoms with Crippen molar-refractivity contribution < 1.29 is 32.4 Å². The standard InChI is InChI=1S/C20H16ClN9OS.C2HF3O2/c1-29-9-16(30(2)10-29)19(31)24-12-5-11(6-22-7-12)18-26-20(32-28-18)25-15-4-3-14-13(17(15)21)8-23-27-14;3-2(4,5)1(6)7/h3-10H,1-2H3,(H2-,23,24,25,26,27,28,31);(H,6,7)/p+1. The van der Waals surface area contributed by atoms with Crippen LogP contribution in [0.15, 0.2) is 49.3 Å². The van der Waals surface area contributed by atoms with Crippen LogP contribution in [0.2, 0.25) is 5.02 Å². The van der Waals surface area contributed by atoms with Gasteiger partial charge in [0, 0.05) is 28.7 Å². The number of rotatable bonds is 5. The lowest BCUT2D eigenvalue weighted by atomic mass is 10.2. The van der Waals surface area contributed by atoms with Gasteiger partial charge in [0.1, 0.15) is 6.20 Å². The van der Waals surface area contributed by atoms with E-state index in [9.17, 15) is 18.0 Å². The summed E-state index contributed by atoms with van der Waals surface area (Å²) < 4.78 is 39.7. The van der Waals surface area contributed by atoms with Crippen LogP contribution in [0.3, 0.4) is 0 Å². The van der Waals surface area contributed by atoms with Crippen LogP contribution < -0.4 is 15.2 Å². The zero-order valence-electron chi connectivity index (χ0n) is 20.0. The van der Waals surface area contributed by atoms with Crippen LogP contribution in [0.4, 0.5) is 29.7 Å². The van der Waals surface area contributed by atoms with Crippen molar-refractivity contribution in [3.63, 3.8) is 0 Å². The molecule has 4 aromatic heterocycles. The molecule has 4 N–H and O–H groups in total. The Morgan fingerprint density at radius 2 is 1.97 bits per heavy atom. The van der Waals surface area contributed by atoms with Crippen LogP contribution >= 0.6 is 23.1 Å². The number of carbonyl (C=O) groups is 2. The highest BCUT2D eigenvalue weighted by atomic mass is 35.5. The number of aliphatic carboxylic acids is 1. The van der Waals surface area contributed by atoms with Crippen molar-refractivity contribution in [2.45, 2.75) is 6.18 Å². The summed E-state index contributed by atoms with van der Waals surface area (Å²) >= 11 is 7.67. The zero-order chi connectivity index (χ0) is 28.3. The third kappa shape index (κ3) is 6.47. The molecule has 39 heavy (non-hydrogen) atoms. The molecular weight excluding hydrogens is 563 g/mol. The number of halogens is 4. The lowest BCUT2D eigenvalue weighted by molar-refractivity contribution is -0.671. The van der Waals surface area contributed by atoms with Gasteiger partial charge in [-0.15, -0.1) is 0 Å². The molecule has 0 fully saturated rings. The summed E-state index contributed by atoms with van der Waals surface area (Å²) in [5.41, 5.74) is 3.32. The predicted octanol–water partition coefficient (Wildman–Crippen LogP) is 3.92. The number of fused-ring (bicyclic) bond motifs is 1. The van der Waals surface area contributed by atoms with Crippen LogP contribution in [0.5, 0.6) is 0 Å². The predicted molar refractivity (Wildman–Crippen MR) is 136 cm³/mol. The van der Waals surface area contributed by atoms with Gasteiger partial charge in [0.2, 0.25) is 17.2 Å². The quantitative estimate of drug-likeness (QED) is 0.228. The lowest BCUT2D eigenvalue weighted by Crippen LogP contribution is -2.24. The van der Waals surface area contributed by atoms with E-state index in [-0.39, 0.29) is 5.91 Å². The first-order valence-corrected chi connectivity index (χ1v) is 11.9. The smallest absolute Gasteiger partial charge is 0.475 e. The summed E-state index contributed by atoms with van der Waals surface area (Å²) in [5.74, 6) is -2.50. The fourth-order valence-electron chi connectivity index (χ4n) is 3.28. The number of carbonyl (C=O) groups excluding carboxylic acids is 1. The number of nitrogens with one attached hydrogen (secondary N) is 3. The summed E-state index contributed by atoms with van der Waals surface area (Å²) in [4.78, 5) is 30.2. The van der Waals surface area contributed by atoms with Gasteiger partial charge in [-0.2, -0.15) is 27.6 Å². The van der Waals surface area contributed by atoms with Crippen molar-refractivity contribution in [3.05, 3.63) is 60.0 Å². The maximum Gasteiger partial charge on any atom is 0.490 e. The number of anilines is 3. The third-order valence-electron chi connectivity index (χ3n) is 5.02. The van der Waals surface area contributed by atoms with E-state index in [1.54, 1.807) is 35.4 Å². The number of H-pyrrole nitrogens is 1. The molecule has 5 rings (SSSR count). The van der Waals surface area contributed by atoms with Gasteiger partial charge in [-0.1, -0.05) is 11.6 Å². The molecule has 12 nitrogen and oxygen atoms in total. The molecule has 0 radical (unpaired) electrons. The number of hydrogen-bond donors (Lipinski definition) is 4. The van der Waals surface area contributed by atoms with Gasteiger partial charge < -0.3 is 15.7 Å². The minimum atomic E-state index is -5.08. The molecule has 0 saturated heterocycles. The minimum Gasteiger partial charge on any atom is -0.475 e. The Bertz CT molecular complexity index is 1670. The maximum absolute atomic E-state index is 12.6. The number of aryl methyl sites for hydroxylation is 2. The van der Waals surface area contributed by atoms with Crippen LogP contribution in [-0.2, 0) is 18.9 Å². The first-order valence-electron chi connectivity index (χ1n) is 10.7. The monoisotopic (exact) mass is 580 g/mol. The number of carboxylic acids is 1. The van der Waals surface area contributed by atoms with Crippen molar-refractivity contribution in [1.82, 2.24) is 29.1 Å². The topological polar surface area (TPSA) is 155 Å². The summed E-state index contributed by atoms with van der Waals surface area (Å²) in [6.07, 6.45) is 3.38. The number of nitrogens with zero attached hydrogens (tertiary/aromatic N) is 6. The van der Waals surface area contributed by atoms with E-state index >= 15 is 0 Å². The summed E-state index contributed by atoms with van der Waals surface area (Å²) in [6, 6.07) is 5.52. The van der Waals surface area contributed by atoms with E-state index in [0.29, 0.717) is 38.6 Å². The van der Waals surface area contributed by atoms with Crippen LogP contribution in [0.25, 0.3) is 22.3 Å². The number of carboxylic acid groups (broad SMARTS) is 1. The molecule has 0 spiro atoms. The number of alkyl halides is 3. The molecule has 0 aliphatic heterocycles. The SMILES string of the molecule is Cn1c[n+](C)cc1C(=O)Nc1cncc(-c2nsc(Nc3ccc4[nH]ncc4c3Cl)n2)c1.O=C(O)C(F)(F)F. The van der Waals surface area contributed by atoms with Gasteiger partial charge in [-0.05, 0) is 18.2 Å². The molecule has 5 aromatic rings. The number of aromatic nitrogens is 7. The van der Waals surface area contributed by atoms with Crippen molar-refractivity contribution in [3.8, 4) is 11.4 Å². The largest absolute Gasteiger partial charge is 0.490 e. The van der Waals surface area contributed by atoms with E-state index in [1.807, 2.05) is 37.1 Å². The highest BCUT2D eigenvalue weighted by molar-refractivity contribution is 7.10. The molecule has 0 bridgehead atoms. The molecule has 0 unspecified atom stereocenters. The van der Waals surface area contributed by atoms with Gasteiger partial charge in [0.05, 0.1) is 48.4 Å². The molecule has 17 heteroatoms. The Labute approximate surface area is 226 Å². The normalized spacial score (nSPS) is 11.1. The molecule has 1 amide bonds. The Balaban J connectivity index is 0.000000448. The van der Waals surface area contributed by atoms with E-state index in [2.05, 4.69) is 35.2 Å². The zero-order valence-corrected chi connectivity index (χ0v) is 21.6. The summed E-state index contributed by atoms with van der Waals surface area (Å²) in [5, 5.41) is 22.0. The maximum atomic E-state index is 12.6. The van der Waals surface area contributed by atoms with E-state index in [4.69, 9.17) is 21.5 Å². The number of imidazole rings is 1. The second kappa shape index (κ2) is 11.0. The van der Waals surface area contributed by atoms with Crippen LogP contribution in [0, 0.1) is 0 Å². The van der Waals surface area contributed by atoms with Gasteiger partial charge >= 0.3 is 12.1 Å². The molecule has 0 atom stereocenters. The van der Waals surface area contributed by atoms with Crippen molar-refractivity contribution >= 4 is 62.4 Å². The lowest BCUT2D eigenvalue weighted by Gasteiger charge is -2.05. The highest BCUT2D eigenvalue weighted by Gasteiger charge is 2.38. The molecule has 0 aliphatic rings. The number of aromatic amines is 1. The summed E-state index contributed by atoms with van der Waals surface area (Å²) in [7, 11) is 3.67. The number of hydrogen-bond acceptors (Lipinski definition) is 8. The molecule has 0 saturated carbocycles. The molecule has 1 aromatic carbocycles. The van der Waals surface area contributed by atoms with Gasteiger partial charge in [-0.25, -0.2) is 13.9 Å². The van der Waals surface area contributed by atoms with Crippen LogP contribution in [-0.4, -0.2) is 52.3 Å². The molecular formula is C22H18ClF3N9O3S+. The van der Waals surface area contributed by atoms with Gasteiger partial charge in [0.15, 0.2) is 5.82 Å². The first kappa shape index (κ1) is 27.5. The van der Waals surface area contributed by atoms with Crippen molar-refractivity contribution in [2.24, 2.45) is 14.1 Å². The molecule has 0 aliphatic carbocycles. The Kier molecular flexibility index (Phi) is 7.78. The van der Waals surface area contributed by atoms with Crippen molar-refractivity contribution in [1.29, 1.82) is 0 Å². The van der Waals surface area contributed by atoms with Crippen LogP contribution in [0.1, 0.15) is 10.5 Å². The Morgan fingerprint density at radius 3 is 2.64 bits per heavy atom. The van der Waals surface area contributed by atoms with E-state index in [1.165, 1.54) is 11.5 Å². The van der Waals surface area contributed by atoms with Gasteiger partial charge in [0.25, 0.3) is 5.91 Å². The van der Waals surface area contributed by atoms with E-state index in [0.717, 1.165) is 10.9 Å². The minimum absolute atomic E-state index is 0.232. The fourth-order valence-corrected chi connectivity index (χ4v) is 4.15. The third-order valence-corrected chi connectivity index (χ3v) is 6.05. The van der Waals surface area contributed by atoms with Crippen molar-refractivity contribution in [2.75, 3.05) is 10.6 Å². The highest BCUT2D eigenvalue weighted by Crippen LogP contribution is 2.33. The second-order valence-electron chi connectivity index (χ2n) is 7.93. The number of amides is 1. The van der Waals surface area contributed by atoms with Gasteiger partial charge in [-0.3, -0.25) is 14.9 Å². The van der Waals surface area contributed by atoms with E-state index < -0.39 is 12.1 Å². The molecule has 4 heterocycles.